The predicted molar refractivity (Wildman–Crippen MR) is 65.4 cm³/mol. The van der Waals surface area contributed by atoms with Crippen LogP contribution in [-0.2, 0) is 4.74 Å². The number of aromatic nitrogens is 1. The molecule has 0 saturated heterocycles. The maximum absolute atomic E-state index is 5.72. The molecule has 0 fully saturated rings. The lowest BCUT2D eigenvalue weighted by Gasteiger charge is -2.18. The van der Waals surface area contributed by atoms with Crippen molar-refractivity contribution in [2.45, 2.75) is 12.5 Å². The summed E-state index contributed by atoms with van der Waals surface area (Å²) in [5.74, 6) is 1.19. The van der Waals surface area contributed by atoms with E-state index in [-0.39, 0.29) is 6.04 Å². The molecule has 1 atom stereocenters. The van der Waals surface area contributed by atoms with Crippen molar-refractivity contribution in [1.82, 2.24) is 4.98 Å². The molecule has 0 aromatic carbocycles. The summed E-state index contributed by atoms with van der Waals surface area (Å²) in [6, 6.07) is 3.94. The largest absolute Gasteiger partial charge is 0.481 e. The van der Waals surface area contributed by atoms with Gasteiger partial charge in [-0.1, -0.05) is 0 Å². The number of nitrogens with zero attached hydrogens (tertiary/aromatic N) is 1. The maximum Gasteiger partial charge on any atom is 0.214 e. The van der Waals surface area contributed by atoms with Crippen LogP contribution < -0.4 is 10.1 Å². The first-order valence-corrected chi connectivity index (χ1v) is 5.65. The molecule has 90 valence electrons. The summed E-state index contributed by atoms with van der Waals surface area (Å²) in [4.78, 5) is 4.04. The van der Waals surface area contributed by atoms with Crippen molar-refractivity contribution in [3.8, 4) is 5.88 Å². The van der Waals surface area contributed by atoms with Gasteiger partial charge in [0.25, 0.3) is 0 Å². The normalized spacial score (nSPS) is 12.2. The molecule has 1 N–H and O–H groups in total. The van der Waals surface area contributed by atoms with E-state index in [0.29, 0.717) is 18.4 Å². The molecule has 16 heavy (non-hydrogen) atoms. The van der Waals surface area contributed by atoms with Gasteiger partial charge >= 0.3 is 0 Å². The standard InChI is InChI=1S/C11H17ClN2O2/c1-15-8-10(3-5-12)14-9-4-6-13-11(7-9)16-2/h4,6-7,10H,3,5,8H2,1-2H3,(H,13,14). The van der Waals surface area contributed by atoms with Crippen LogP contribution in [-0.4, -0.2) is 37.7 Å². The first-order chi connectivity index (χ1) is 7.80. The van der Waals surface area contributed by atoms with Gasteiger partial charge in [0.2, 0.25) is 5.88 Å². The molecular weight excluding hydrogens is 228 g/mol. The summed E-state index contributed by atoms with van der Waals surface area (Å²) < 4.78 is 10.2. The zero-order valence-corrected chi connectivity index (χ0v) is 10.3. The zero-order valence-electron chi connectivity index (χ0n) is 9.57. The highest BCUT2D eigenvalue weighted by Gasteiger charge is 2.08. The molecule has 0 radical (unpaired) electrons. The predicted octanol–water partition coefficient (Wildman–Crippen LogP) is 2.15. The Morgan fingerprint density at radius 1 is 1.50 bits per heavy atom. The van der Waals surface area contributed by atoms with E-state index >= 15 is 0 Å². The van der Waals surface area contributed by atoms with Gasteiger partial charge in [-0.2, -0.15) is 0 Å². The molecule has 1 rings (SSSR count). The number of hydrogen-bond acceptors (Lipinski definition) is 4. The number of anilines is 1. The highest BCUT2D eigenvalue weighted by Crippen LogP contribution is 2.15. The van der Waals surface area contributed by atoms with E-state index < -0.39 is 0 Å². The maximum atomic E-state index is 5.72. The van der Waals surface area contributed by atoms with Crippen LogP contribution in [0.3, 0.4) is 0 Å². The van der Waals surface area contributed by atoms with Gasteiger partial charge in [0.15, 0.2) is 0 Å². The second kappa shape index (κ2) is 7.30. The summed E-state index contributed by atoms with van der Waals surface area (Å²) in [7, 11) is 3.27. The Morgan fingerprint density at radius 2 is 2.31 bits per heavy atom. The highest BCUT2D eigenvalue weighted by atomic mass is 35.5. The molecule has 4 nitrogen and oxygen atoms in total. The van der Waals surface area contributed by atoms with E-state index in [4.69, 9.17) is 21.1 Å². The molecule has 0 amide bonds. The van der Waals surface area contributed by atoms with Crippen LogP contribution in [0.4, 0.5) is 5.69 Å². The number of nitrogens with one attached hydrogen (secondary N) is 1. The lowest BCUT2D eigenvalue weighted by atomic mass is 10.2. The molecular formula is C11H17ClN2O2. The summed E-state index contributed by atoms with van der Waals surface area (Å²) >= 11 is 5.72. The Balaban J connectivity index is 2.60. The molecule has 0 spiro atoms. The molecule has 1 unspecified atom stereocenters. The van der Waals surface area contributed by atoms with Crippen molar-refractivity contribution < 1.29 is 9.47 Å². The smallest absolute Gasteiger partial charge is 0.214 e. The SMILES string of the molecule is COCC(CCCl)Nc1ccnc(OC)c1. The van der Waals surface area contributed by atoms with Crippen LogP contribution in [0, 0.1) is 0 Å². The fraction of sp³-hybridized carbons (Fsp3) is 0.545. The number of hydrogen-bond donors (Lipinski definition) is 1. The van der Waals surface area contributed by atoms with Gasteiger partial charge in [-0.05, 0) is 12.5 Å². The van der Waals surface area contributed by atoms with Crippen molar-refractivity contribution in [2.24, 2.45) is 0 Å². The Bertz CT molecular complexity index is 304. The van der Waals surface area contributed by atoms with Gasteiger partial charge in [0, 0.05) is 30.9 Å². The number of rotatable bonds is 7. The van der Waals surface area contributed by atoms with Crippen molar-refractivity contribution in [2.75, 3.05) is 32.0 Å². The lowest BCUT2D eigenvalue weighted by Crippen LogP contribution is -2.25. The Labute approximate surface area is 101 Å². The number of pyridine rings is 1. The van der Waals surface area contributed by atoms with E-state index in [9.17, 15) is 0 Å². The van der Waals surface area contributed by atoms with E-state index in [1.165, 1.54) is 0 Å². The average Bonchev–Trinajstić information content (AvgIpc) is 2.30. The molecule has 1 heterocycles. The van der Waals surface area contributed by atoms with Gasteiger partial charge in [0.05, 0.1) is 19.8 Å². The van der Waals surface area contributed by atoms with Gasteiger partial charge in [-0.15, -0.1) is 11.6 Å². The van der Waals surface area contributed by atoms with E-state index in [1.807, 2.05) is 12.1 Å². The molecule has 0 aliphatic heterocycles. The van der Waals surface area contributed by atoms with Crippen molar-refractivity contribution in [3.05, 3.63) is 18.3 Å². The quantitative estimate of drug-likeness (QED) is 0.747. The summed E-state index contributed by atoms with van der Waals surface area (Å²) in [5.41, 5.74) is 0.957. The van der Waals surface area contributed by atoms with Crippen molar-refractivity contribution in [3.63, 3.8) is 0 Å². The van der Waals surface area contributed by atoms with Crippen LogP contribution in [0.25, 0.3) is 0 Å². The fourth-order valence-electron chi connectivity index (χ4n) is 1.38. The van der Waals surface area contributed by atoms with Gasteiger partial charge in [0.1, 0.15) is 0 Å². The van der Waals surface area contributed by atoms with Crippen LogP contribution >= 0.6 is 11.6 Å². The highest BCUT2D eigenvalue weighted by molar-refractivity contribution is 6.17. The number of alkyl halides is 1. The molecule has 1 aromatic heterocycles. The van der Waals surface area contributed by atoms with E-state index in [1.54, 1.807) is 20.4 Å². The molecule has 0 aliphatic carbocycles. The minimum absolute atomic E-state index is 0.203. The van der Waals surface area contributed by atoms with Crippen LogP contribution in [0.5, 0.6) is 5.88 Å². The zero-order chi connectivity index (χ0) is 11.8. The van der Waals surface area contributed by atoms with Crippen LogP contribution in [0.2, 0.25) is 0 Å². The molecule has 1 aromatic rings. The van der Waals surface area contributed by atoms with Crippen molar-refractivity contribution in [1.29, 1.82) is 0 Å². The van der Waals surface area contributed by atoms with Crippen LogP contribution in [0.1, 0.15) is 6.42 Å². The molecule has 0 aliphatic rings. The topological polar surface area (TPSA) is 43.4 Å². The number of halogens is 1. The first kappa shape index (κ1) is 13.1. The van der Waals surface area contributed by atoms with Crippen molar-refractivity contribution >= 4 is 17.3 Å². The summed E-state index contributed by atoms with van der Waals surface area (Å²) in [6.45, 7) is 0.622. The van der Waals surface area contributed by atoms with E-state index in [2.05, 4.69) is 10.3 Å². The third-order valence-electron chi connectivity index (χ3n) is 2.14. The minimum atomic E-state index is 0.203. The average molecular weight is 245 g/mol. The minimum Gasteiger partial charge on any atom is -0.481 e. The second-order valence-electron chi connectivity index (χ2n) is 3.36. The van der Waals surface area contributed by atoms with Gasteiger partial charge < -0.3 is 14.8 Å². The number of ether oxygens (including phenoxy) is 2. The molecule has 0 bridgehead atoms. The Kier molecular flexibility index (Phi) is 5.96. The van der Waals surface area contributed by atoms with Gasteiger partial charge in [-0.25, -0.2) is 4.98 Å². The van der Waals surface area contributed by atoms with Crippen LogP contribution in [0.15, 0.2) is 18.3 Å². The third-order valence-corrected chi connectivity index (χ3v) is 2.36. The first-order valence-electron chi connectivity index (χ1n) is 5.11. The van der Waals surface area contributed by atoms with Gasteiger partial charge in [-0.3, -0.25) is 0 Å². The summed E-state index contributed by atoms with van der Waals surface area (Å²) in [5, 5.41) is 3.33. The molecule has 0 saturated carbocycles. The number of methoxy groups -OCH3 is 2. The lowest BCUT2D eigenvalue weighted by molar-refractivity contribution is 0.184. The Hall–Kier alpha value is -1.00. The third kappa shape index (κ3) is 4.24. The van der Waals surface area contributed by atoms with E-state index in [0.717, 1.165) is 12.1 Å². The Morgan fingerprint density at radius 3 is 2.94 bits per heavy atom. The fourth-order valence-corrected chi connectivity index (χ4v) is 1.64. The summed E-state index contributed by atoms with van der Waals surface area (Å²) in [6.07, 6.45) is 2.55. The second-order valence-corrected chi connectivity index (χ2v) is 3.74. The monoisotopic (exact) mass is 244 g/mol. The molecule has 5 heteroatoms.